The lowest BCUT2D eigenvalue weighted by Crippen LogP contribution is -2.33. The molecule has 9 heteroatoms. The average molecular weight is 362 g/mol. The topological polar surface area (TPSA) is 68.0 Å². The lowest BCUT2D eigenvalue weighted by molar-refractivity contribution is -0.138. The van der Waals surface area contributed by atoms with Crippen LogP contribution in [0.5, 0.6) is 0 Å². The van der Waals surface area contributed by atoms with Crippen molar-refractivity contribution in [2.24, 2.45) is 0 Å². The smallest absolute Gasteiger partial charge is 0.343 e. The minimum atomic E-state index is -4.36. The fourth-order valence-electron chi connectivity index (χ4n) is 2.53. The Balaban J connectivity index is 1.92. The second-order valence-corrected chi connectivity index (χ2v) is 5.78. The number of hydrogen-bond acceptors (Lipinski definition) is 5. The zero-order valence-electron chi connectivity index (χ0n) is 14.4. The summed E-state index contributed by atoms with van der Waals surface area (Å²) in [5, 5.41) is 6.39. The molecule has 0 aromatic carbocycles. The van der Waals surface area contributed by atoms with Crippen molar-refractivity contribution < 1.29 is 13.2 Å². The van der Waals surface area contributed by atoms with E-state index >= 15 is 0 Å². The van der Waals surface area contributed by atoms with Gasteiger partial charge < -0.3 is 5.32 Å². The van der Waals surface area contributed by atoms with Crippen molar-refractivity contribution in [2.75, 3.05) is 5.32 Å². The summed E-state index contributed by atoms with van der Waals surface area (Å²) in [5.74, 6) is -0.0572. The first kappa shape index (κ1) is 17.8. The number of halogens is 3. The summed E-state index contributed by atoms with van der Waals surface area (Å²) in [6.07, 6.45) is 2.35. The molecule has 0 bridgehead atoms. The minimum absolute atomic E-state index is 0.0572. The fraction of sp³-hybridized carbons (Fsp3) is 0.294. The van der Waals surface area contributed by atoms with Crippen molar-refractivity contribution >= 4 is 17.2 Å². The number of anilines is 1. The van der Waals surface area contributed by atoms with Gasteiger partial charge in [0.15, 0.2) is 5.65 Å². The number of nitrogens with one attached hydrogen (secondary N) is 1. The zero-order valence-corrected chi connectivity index (χ0v) is 14.4. The van der Waals surface area contributed by atoms with Crippen molar-refractivity contribution in [3.63, 3.8) is 0 Å². The van der Waals surface area contributed by atoms with Crippen LogP contribution in [0.25, 0.3) is 11.2 Å². The van der Waals surface area contributed by atoms with Gasteiger partial charge in [-0.05, 0) is 38.5 Å². The molecule has 0 amide bonds. The van der Waals surface area contributed by atoms with Gasteiger partial charge in [-0.25, -0.2) is 19.5 Å². The Bertz CT molecular complexity index is 961. The van der Waals surface area contributed by atoms with Crippen LogP contribution in [-0.2, 0) is 0 Å². The number of allylic oxidation sites excluding steroid dienone is 1. The largest absolute Gasteiger partial charge is 0.408 e. The molecule has 0 aliphatic carbocycles. The molecule has 3 rings (SSSR count). The van der Waals surface area contributed by atoms with Crippen molar-refractivity contribution in [3.05, 3.63) is 53.8 Å². The highest BCUT2D eigenvalue weighted by atomic mass is 19.4. The van der Waals surface area contributed by atoms with Gasteiger partial charge in [-0.1, -0.05) is 6.08 Å². The van der Waals surface area contributed by atoms with E-state index in [1.54, 1.807) is 11.4 Å². The second-order valence-electron chi connectivity index (χ2n) is 5.78. The molecular formula is C17H17F3N6. The van der Waals surface area contributed by atoms with Crippen LogP contribution in [-0.4, -0.2) is 36.8 Å². The molecule has 1 atom stereocenters. The number of hydrogen-bond donors (Lipinski definition) is 1. The maximum atomic E-state index is 12.7. The van der Waals surface area contributed by atoms with E-state index in [9.17, 15) is 13.2 Å². The van der Waals surface area contributed by atoms with Crippen molar-refractivity contribution in [1.82, 2.24) is 24.6 Å². The molecule has 0 saturated heterocycles. The van der Waals surface area contributed by atoms with E-state index in [4.69, 9.17) is 0 Å². The SMILES string of the molecule is C/C=C(/c1ccc2ncnn2c1)c1cnc(N[C@H](C)C(F)(F)F)nc1C. The standard InChI is InChI=1S/C17H17F3N6/c1-4-13(12-5-6-15-22-9-23-26(15)8-12)14-7-21-16(24-10(14)2)25-11(3)17(18,19)20/h4-9,11H,1-3H3,(H,21,24,25)/b13-4-/t11-/m1/s1. The molecule has 6 nitrogen and oxygen atoms in total. The maximum Gasteiger partial charge on any atom is 0.408 e. The van der Waals surface area contributed by atoms with Gasteiger partial charge in [0.05, 0.1) is 5.69 Å². The van der Waals surface area contributed by atoms with Crippen molar-refractivity contribution in [1.29, 1.82) is 0 Å². The number of fused-ring (bicyclic) bond motifs is 1. The molecule has 0 spiro atoms. The van der Waals surface area contributed by atoms with E-state index in [0.29, 0.717) is 5.69 Å². The minimum Gasteiger partial charge on any atom is -0.343 e. The van der Waals surface area contributed by atoms with Crippen LogP contribution < -0.4 is 5.32 Å². The third kappa shape index (κ3) is 3.51. The van der Waals surface area contributed by atoms with E-state index < -0.39 is 12.2 Å². The van der Waals surface area contributed by atoms with Crippen molar-refractivity contribution in [2.45, 2.75) is 33.0 Å². The lowest BCUT2D eigenvalue weighted by atomic mass is 9.99. The summed E-state index contributed by atoms with van der Waals surface area (Å²) in [6, 6.07) is 2.00. The van der Waals surface area contributed by atoms with Crippen LogP contribution in [0.1, 0.15) is 30.7 Å². The fourth-order valence-corrected chi connectivity index (χ4v) is 2.53. The first-order valence-electron chi connectivity index (χ1n) is 7.93. The van der Waals surface area contributed by atoms with Gasteiger partial charge in [-0.2, -0.15) is 18.3 Å². The predicted octanol–water partition coefficient (Wildman–Crippen LogP) is 3.64. The Morgan fingerprint density at radius 1 is 1.27 bits per heavy atom. The van der Waals surface area contributed by atoms with Gasteiger partial charge in [0, 0.05) is 23.5 Å². The Kier molecular flexibility index (Phi) is 4.62. The molecule has 0 fully saturated rings. The monoisotopic (exact) mass is 362 g/mol. The van der Waals surface area contributed by atoms with Crippen LogP contribution in [0.2, 0.25) is 0 Å². The summed E-state index contributed by atoms with van der Waals surface area (Å²) >= 11 is 0. The molecule has 3 aromatic rings. The third-order valence-electron chi connectivity index (χ3n) is 3.98. The molecule has 26 heavy (non-hydrogen) atoms. The molecular weight excluding hydrogens is 345 g/mol. The normalized spacial score (nSPS) is 13.8. The van der Waals surface area contributed by atoms with Gasteiger partial charge in [0.25, 0.3) is 0 Å². The first-order chi connectivity index (χ1) is 12.3. The van der Waals surface area contributed by atoms with Crippen LogP contribution in [0.15, 0.2) is 36.9 Å². The number of aryl methyl sites for hydroxylation is 1. The Labute approximate surface area is 147 Å². The van der Waals surface area contributed by atoms with E-state index in [0.717, 1.165) is 29.3 Å². The van der Waals surface area contributed by atoms with Crippen LogP contribution >= 0.6 is 0 Å². The second kappa shape index (κ2) is 6.74. The highest BCUT2D eigenvalue weighted by Crippen LogP contribution is 2.27. The van der Waals surface area contributed by atoms with Gasteiger partial charge in [0.1, 0.15) is 12.4 Å². The van der Waals surface area contributed by atoms with Gasteiger partial charge in [-0.15, -0.1) is 0 Å². The lowest BCUT2D eigenvalue weighted by Gasteiger charge is -2.18. The van der Waals surface area contributed by atoms with E-state index in [2.05, 4.69) is 25.4 Å². The van der Waals surface area contributed by atoms with Crippen LogP contribution in [0.4, 0.5) is 19.1 Å². The summed E-state index contributed by atoms with van der Waals surface area (Å²) in [6.45, 7) is 4.63. The Morgan fingerprint density at radius 3 is 2.69 bits per heavy atom. The van der Waals surface area contributed by atoms with Crippen LogP contribution in [0, 0.1) is 6.92 Å². The third-order valence-corrected chi connectivity index (χ3v) is 3.98. The molecule has 136 valence electrons. The molecule has 0 saturated carbocycles. The number of alkyl halides is 3. The zero-order chi connectivity index (χ0) is 18.9. The molecule has 0 aliphatic heterocycles. The van der Waals surface area contributed by atoms with Gasteiger partial charge >= 0.3 is 6.18 Å². The van der Waals surface area contributed by atoms with E-state index in [1.807, 2.05) is 31.3 Å². The molecule has 3 heterocycles. The summed E-state index contributed by atoms with van der Waals surface area (Å²) in [7, 11) is 0. The highest BCUT2D eigenvalue weighted by Gasteiger charge is 2.36. The maximum absolute atomic E-state index is 12.7. The molecule has 3 aromatic heterocycles. The van der Waals surface area contributed by atoms with Crippen LogP contribution in [0.3, 0.4) is 0 Å². The quantitative estimate of drug-likeness (QED) is 0.767. The molecule has 0 radical (unpaired) electrons. The summed E-state index contributed by atoms with van der Waals surface area (Å²) in [4.78, 5) is 12.3. The van der Waals surface area contributed by atoms with Gasteiger partial charge in [-0.3, -0.25) is 0 Å². The van der Waals surface area contributed by atoms with E-state index in [-0.39, 0.29) is 5.95 Å². The first-order valence-corrected chi connectivity index (χ1v) is 7.93. The van der Waals surface area contributed by atoms with E-state index in [1.165, 1.54) is 12.5 Å². The van der Waals surface area contributed by atoms with Gasteiger partial charge in [0.2, 0.25) is 5.95 Å². The number of pyridine rings is 1. The Hall–Kier alpha value is -2.97. The molecule has 1 N–H and O–H groups in total. The summed E-state index contributed by atoms with van der Waals surface area (Å²) < 4.78 is 39.7. The highest BCUT2D eigenvalue weighted by molar-refractivity contribution is 5.80. The molecule has 0 unspecified atom stereocenters. The van der Waals surface area contributed by atoms with Crippen molar-refractivity contribution in [3.8, 4) is 0 Å². The molecule has 0 aliphatic rings. The number of nitrogens with zero attached hydrogens (tertiary/aromatic N) is 5. The Morgan fingerprint density at radius 2 is 2.04 bits per heavy atom. The predicted molar refractivity (Wildman–Crippen MR) is 91.6 cm³/mol. The number of aromatic nitrogens is 5. The number of rotatable bonds is 4. The summed E-state index contributed by atoms with van der Waals surface area (Å²) in [5.41, 5.74) is 3.76. The average Bonchev–Trinajstić information content (AvgIpc) is 3.04.